The van der Waals surface area contributed by atoms with Crippen LogP contribution in [0.15, 0.2) is 0 Å². The average molecular weight is 517 g/mol. The van der Waals surface area contributed by atoms with E-state index in [1.165, 1.54) is 6.92 Å². The third-order valence-corrected chi connectivity index (χ3v) is 14.4. The molecular formula is C32H52O5. The quantitative estimate of drug-likeness (QED) is 0.425. The van der Waals surface area contributed by atoms with Gasteiger partial charge in [0.25, 0.3) is 0 Å². The summed E-state index contributed by atoms with van der Waals surface area (Å²) in [4.78, 5) is 12.2. The second-order valence-corrected chi connectivity index (χ2v) is 16.5. The topological polar surface area (TPSA) is 76.0 Å². The molecule has 11 unspecified atom stereocenters. The Labute approximate surface area is 224 Å². The van der Waals surface area contributed by atoms with Crippen LogP contribution in [0.5, 0.6) is 0 Å². The molecule has 5 heteroatoms. The first-order valence-corrected chi connectivity index (χ1v) is 15.2. The van der Waals surface area contributed by atoms with E-state index in [1.807, 2.05) is 0 Å². The molecule has 2 bridgehead atoms. The van der Waals surface area contributed by atoms with Crippen LogP contribution in [0.4, 0.5) is 0 Å². The van der Waals surface area contributed by atoms with Crippen molar-refractivity contribution in [2.45, 2.75) is 137 Å². The predicted molar refractivity (Wildman–Crippen MR) is 143 cm³/mol. The molecule has 0 aromatic carbocycles. The lowest BCUT2D eigenvalue weighted by molar-refractivity contribution is -0.304. The smallest absolute Gasteiger partial charge is 0.302 e. The maximum atomic E-state index is 12.2. The Morgan fingerprint density at radius 2 is 1.49 bits per heavy atom. The summed E-state index contributed by atoms with van der Waals surface area (Å²) in [6.45, 7) is 18.8. The lowest BCUT2D eigenvalue weighted by Gasteiger charge is -2.75. The number of ether oxygens (including phenoxy) is 2. The Morgan fingerprint density at radius 1 is 0.811 bits per heavy atom. The van der Waals surface area contributed by atoms with Gasteiger partial charge in [-0.25, -0.2) is 0 Å². The van der Waals surface area contributed by atoms with Gasteiger partial charge in [0.15, 0.2) is 0 Å². The van der Waals surface area contributed by atoms with Crippen molar-refractivity contribution in [2.75, 3.05) is 6.61 Å². The summed E-state index contributed by atoms with van der Waals surface area (Å²) in [5.41, 5.74) is -0.759. The van der Waals surface area contributed by atoms with E-state index in [2.05, 4.69) is 48.5 Å². The van der Waals surface area contributed by atoms with E-state index in [4.69, 9.17) is 9.47 Å². The number of rotatable bonds is 1. The second-order valence-electron chi connectivity index (χ2n) is 16.5. The van der Waals surface area contributed by atoms with Gasteiger partial charge in [0.05, 0.1) is 29.8 Å². The van der Waals surface area contributed by atoms with Crippen molar-refractivity contribution in [2.24, 2.45) is 50.2 Å². The first kappa shape index (κ1) is 26.6. The summed E-state index contributed by atoms with van der Waals surface area (Å²) in [6.07, 6.45) is 7.86. The molecule has 5 nitrogen and oxygen atoms in total. The minimum atomic E-state index is -0.538. The first-order valence-electron chi connectivity index (χ1n) is 15.2. The van der Waals surface area contributed by atoms with E-state index < -0.39 is 11.5 Å². The standard InChI is InChI=1S/C32H52O5/c1-19(33)37-25-17-26(2,3)15-22-31(25)18-36-32(22)14-10-21-28(6)12-11-23(34)27(4,5)20(28)9-13-29(21,7)30(32,8)16-24(31)35/h20-25,34-35H,9-18H2,1-8H3. The Morgan fingerprint density at radius 3 is 2.16 bits per heavy atom. The van der Waals surface area contributed by atoms with Crippen LogP contribution in [-0.4, -0.2) is 46.7 Å². The number of aliphatic hydroxyl groups excluding tert-OH is 2. The van der Waals surface area contributed by atoms with Crippen LogP contribution in [0.2, 0.25) is 0 Å². The highest BCUT2D eigenvalue weighted by Crippen LogP contribution is 2.80. The third kappa shape index (κ3) is 2.95. The SMILES string of the molecule is CC(=O)OC1CC(C)(C)CC2C13COC21CCC2C4(C)CCC(O)C(C)(C)C4CCC2(C)C1(C)CC3O. The maximum Gasteiger partial charge on any atom is 0.302 e. The minimum Gasteiger partial charge on any atom is -0.462 e. The van der Waals surface area contributed by atoms with Crippen LogP contribution in [0.1, 0.15) is 113 Å². The van der Waals surface area contributed by atoms with E-state index in [1.54, 1.807) is 0 Å². The van der Waals surface area contributed by atoms with Crippen molar-refractivity contribution in [3.63, 3.8) is 0 Å². The van der Waals surface area contributed by atoms with Gasteiger partial charge >= 0.3 is 5.97 Å². The van der Waals surface area contributed by atoms with E-state index in [-0.39, 0.29) is 56.8 Å². The number of fused-ring (bicyclic) bond motifs is 4. The third-order valence-electron chi connectivity index (χ3n) is 14.4. The van der Waals surface area contributed by atoms with E-state index in [0.29, 0.717) is 18.4 Å². The number of hydrogen-bond donors (Lipinski definition) is 2. The van der Waals surface area contributed by atoms with E-state index in [9.17, 15) is 15.0 Å². The maximum absolute atomic E-state index is 12.2. The van der Waals surface area contributed by atoms with Gasteiger partial charge < -0.3 is 19.7 Å². The molecule has 37 heavy (non-hydrogen) atoms. The minimum absolute atomic E-state index is 0.0257. The van der Waals surface area contributed by atoms with Crippen molar-refractivity contribution < 1.29 is 24.5 Å². The second kappa shape index (κ2) is 7.55. The molecule has 5 aliphatic carbocycles. The molecule has 0 amide bonds. The van der Waals surface area contributed by atoms with Crippen molar-refractivity contribution in [1.29, 1.82) is 0 Å². The van der Waals surface area contributed by atoms with E-state index in [0.717, 1.165) is 57.8 Å². The summed E-state index contributed by atoms with van der Waals surface area (Å²) in [5.74, 6) is 1.00. The van der Waals surface area contributed by atoms with Crippen LogP contribution in [0.25, 0.3) is 0 Å². The summed E-state index contributed by atoms with van der Waals surface area (Å²) < 4.78 is 13.2. The summed E-state index contributed by atoms with van der Waals surface area (Å²) in [7, 11) is 0. The van der Waals surface area contributed by atoms with Gasteiger partial charge in [-0.1, -0.05) is 48.5 Å². The predicted octanol–water partition coefficient (Wildman–Crippen LogP) is 5.89. The molecular weight excluding hydrogens is 464 g/mol. The molecule has 210 valence electrons. The van der Waals surface area contributed by atoms with Crippen molar-refractivity contribution >= 4 is 5.97 Å². The van der Waals surface area contributed by atoms with E-state index >= 15 is 0 Å². The van der Waals surface area contributed by atoms with Crippen LogP contribution in [-0.2, 0) is 14.3 Å². The zero-order valence-electron chi connectivity index (χ0n) is 24.7. The highest BCUT2D eigenvalue weighted by molar-refractivity contribution is 5.66. The summed E-state index contributed by atoms with van der Waals surface area (Å²) in [5, 5.41) is 23.1. The largest absolute Gasteiger partial charge is 0.462 e. The van der Waals surface area contributed by atoms with Gasteiger partial charge in [0.2, 0.25) is 0 Å². The molecule has 6 rings (SSSR count). The highest BCUT2D eigenvalue weighted by Gasteiger charge is 2.81. The lowest BCUT2D eigenvalue weighted by Crippen LogP contribution is -2.75. The Bertz CT molecular complexity index is 990. The molecule has 5 saturated carbocycles. The molecule has 6 aliphatic rings. The number of carbonyl (C=O) groups excluding carboxylic acids is 1. The molecule has 2 N–H and O–H groups in total. The van der Waals surface area contributed by atoms with Gasteiger partial charge in [0, 0.05) is 18.3 Å². The van der Waals surface area contributed by atoms with Crippen LogP contribution in [0.3, 0.4) is 0 Å². The highest BCUT2D eigenvalue weighted by atomic mass is 16.6. The Kier molecular flexibility index (Phi) is 5.42. The van der Waals surface area contributed by atoms with Gasteiger partial charge in [-0.2, -0.15) is 0 Å². The lowest BCUT2D eigenvalue weighted by atomic mass is 9.30. The monoisotopic (exact) mass is 516 g/mol. The molecule has 1 saturated heterocycles. The molecule has 6 fully saturated rings. The Hall–Kier alpha value is -0.650. The molecule has 1 heterocycles. The van der Waals surface area contributed by atoms with Crippen LogP contribution < -0.4 is 0 Å². The van der Waals surface area contributed by atoms with Crippen molar-refractivity contribution in [3.05, 3.63) is 0 Å². The molecule has 0 aromatic heterocycles. The number of esters is 1. The zero-order valence-corrected chi connectivity index (χ0v) is 24.7. The van der Waals surface area contributed by atoms with Crippen molar-refractivity contribution in [3.8, 4) is 0 Å². The molecule has 11 atom stereocenters. The number of aliphatic hydroxyl groups is 2. The van der Waals surface area contributed by atoms with Crippen molar-refractivity contribution in [1.82, 2.24) is 0 Å². The zero-order chi connectivity index (χ0) is 27.0. The fourth-order valence-electron chi connectivity index (χ4n) is 12.5. The fraction of sp³-hybridized carbons (Fsp3) is 0.969. The number of hydrogen-bond acceptors (Lipinski definition) is 5. The molecule has 0 aromatic rings. The summed E-state index contributed by atoms with van der Waals surface area (Å²) in [6, 6.07) is 0. The van der Waals surface area contributed by atoms with Crippen LogP contribution in [0, 0.1) is 50.2 Å². The summed E-state index contributed by atoms with van der Waals surface area (Å²) >= 11 is 0. The molecule has 1 spiro atoms. The van der Waals surface area contributed by atoms with Gasteiger partial charge in [0.1, 0.15) is 6.10 Å². The molecule has 0 radical (unpaired) electrons. The first-order chi connectivity index (χ1) is 17.0. The molecule has 1 aliphatic heterocycles. The van der Waals surface area contributed by atoms with Gasteiger partial charge in [-0.15, -0.1) is 0 Å². The Balaban J connectivity index is 1.45. The normalized spacial score (nSPS) is 57.4. The average Bonchev–Trinajstić information content (AvgIpc) is 3.04. The van der Waals surface area contributed by atoms with Crippen LogP contribution >= 0.6 is 0 Å². The fourth-order valence-corrected chi connectivity index (χ4v) is 12.5. The van der Waals surface area contributed by atoms with Gasteiger partial charge in [-0.3, -0.25) is 4.79 Å². The number of carbonyl (C=O) groups is 1. The van der Waals surface area contributed by atoms with Gasteiger partial charge in [-0.05, 0) is 91.3 Å².